The minimum Gasteiger partial charge on any atom is -0.378 e. The summed E-state index contributed by atoms with van der Waals surface area (Å²) >= 11 is 0. The smallest absolute Gasteiger partial charge is 0.240 e. The van der Waals surface area contributed by atoms with Gasteiger partial charge in [0.1, 0.15) is 6.04 Å². The monoisotopic (exact) mass is 327 g/mol. The van der Waals surface area contributed by atoms with Gasteiger partial charge in [-0.2, -0.15) is 5.26 Å². The van der Waals surface area contributed by atoms with Crippen LogP contribution in [0.2, 0.25) is 0 Å². The van der Waals surface area contributed by atoms with Crippen LogP contribution in [0.1, 0.15) is 49.8 Å². The number of nitriles is 1. The van der Waals surface area contributed by atoms with Crippen LogP contribution in [0.3, 0.4) is 0 Å². The van der Waals surface area contributed by atoms with Gasteiger partial charge in [0, 0.05) is 12.6 Å². The fraction of sp³-hybridized carbons (Fsp3) is 0.579. The van der Waals surface area contributed by atoms with E-state index in [1.165, 1.54) is 25.7 Å². The molecule has 2 atom stereocenters. The summed E-state index contributed by atoms with van der Waals surface area (Å²) in [6.07, 6.45) is 4.88. The number of benzene rings is 1. The van der Waals surface area contributed by atoms with E-state index in [1.54, 1.807) is 6.07 Å². The zero-order chi connectivity index (χ0) is 16.9. The van der Waals surface area contributed by atoms with E-state index in [1.807, 2.05) is 25.1 Å². The summed E-state index contributed by atoms with van der Waals surface area (Å²) in [6.45, 7) is 3.96. The van der Waals surface area contributed by atoms with Crippen molar-refractivity contribution in [2.45, 2.75) is 50.7 Å². The van der Waals surface area contributed by atoms with Crippen LogP contribution < -0.4 is 5.32 Å². The second kappa shape index (κ2) is 7.78. The van der Waals surface area contributed by atoms with Crippen LogP contribution in [-0.4, -0.2) is 42.6 Å². The standard InChI is InChI=1S/C19H25N3O2/c1-14(16-6-4-5-15(11-16)12-20)21-19(23)18-13-24-10-9-22(18)17-7-2-3-8-17/h4-6,11,14,17-18H,2-3,7-10,13H2,1H3,(H,21,23)/t14-,18-/m1/s1. The van der Waals surface area contributed by atoms with E-state index in [0.717, 1.165) is 12.1 Å². The predicted molar refractivity (Wildman–Crippen MR) is 91.3 cm³/mol. The van der Waals surface area contributed by atoms with Gasteiger partial charge in [0.2, 0.25) is 5.91 Å². The number of carbonyl (C=O) groups is 1. The number of rotatable bonds is 4. The van der Waals surface area contributed by atoms with Gasteiger partial charge < -0.3 is 10.1 Å². The summed E-state index contributed by atoms with van der Waals surface area (Å²) in [5.74, 6) is 0.0245. The first kappa shape index (κ1) is 16.9. The van der Waals surface area contributed by atoms with Crippen LogP contribution >= 0.6 is 0 Å². The third-order valence-corrected chi connectivity index (χ3v) is 5.14. The van der Waals surface area contributed by atoms with E-state index in [2.05, 4.69) is 16.3 Å². The van der Waals surface area contributed by atoms with Gasteiger partial charge in [-0.1, -0.05) is 25.0 Å². The molecule has 128 valence electrons. The molecule has 2 aliphatic rings. The average Bonchev–Trinajstić information content (AvgIpc) is 3.16. The van der Waals surface area contributed by atoms with Crippen LogP contribution in [-0.2, 0) is 9.53 Å². The van der Waals surface area contributed by atoms with Gasteiger partial charge in [-0.25, -0.2) is 0 Å². The van der Waals surface area contributed by atoms with Gasteiger partial charge in [-0.3, -0.25) is 9.69 Å². The Labute approximate surface area is 143 Å². The molecule has 1 saturated heterocycles. The first-order valence-corrected chi connectivity index (χ1v) is 8.83. The Bertz CT molecular complexity index is 619. The molecule has 1 amide bonds. The number of amides is 1. The first-order chi connectivity index (χ1) is 11.7. The second-order valence-corrected chi connectivity index (χ2v) is 6.73. The highest BCUT2D eigenvalue weighted by Crippen LogP contribution is 2.27. The number of nitrogens with one attached hydrogen (secondary N) is 1. The molecular formula is C19H25N3O2. The lowest BCUT2D eigenvalue weighted by atomic mass is 10.0. The van der Waals surface area contributed by atoms with Crippen molar-refractivity contribution in [1.29, 1.82) is 5.26 Å². The zero-order valence-electron chi connectivity index (χ0n) is 14.2. The van der Waals surface area contributed by atoms with Crippen molar-refractivity contribution in [2.75, 3.05) is 19.8 Å². The third kappa shape index (κ3) is 3.77. The molecular weight excluding hydrogens is 302 g/mol. The minimum atomic E-state index is -0.205. The predicted octanol–water partition coefficient (Wildman–Crippen LogP) is 2.38. The van der Waals surface area contributed by atoms with Gasteiger partial charge in [0.25, 0.3) is 0 Å². The molecule has 1 heterocycles. The number of ether oxygens (including phenoxy) is 1. The first-order valence-electron chi connectivity index (χ1n) is 8.83. The minimum absolute atomic E-state index is 0.0245. The Hall–Kier alpha value is -1.90. The molecule has 1 aliphatic heterocycles. The Kier molecular flexibility index (Phi) is 5.49. The van der Waals surface area contributed by atoms with E-state index in [9.17, 15) is 4.79 Å². The number of hydrogen-bond donors (Lipinski definition) is 1. The van der Waals surface area contributed by atoms with Gasteiger partial charge in [-0.05, 0) is 37.5 Å². The maximum absolute atomic E-state index is 12.8. The molecule has 0 unspecified atom stereocenters. The van der Waals surface area contributed by atoms with Gasteiger partial charge >= 0.3 is 0 Å². The number of morpholine rings is 1. The molecule has 0 radical (unpaired) electrons. The summed E-state index contributed by atoms with van der Waals surface area (Å²) < 4.78 is 5.57. The number of carbonyl (C=O) groups excluding carboxylic acids is 1. The molecule has 1 N–H and O–H groups in total. The van der Waals surface area contributed by atoms with E-state index in [-0.39, 0.29) is 18.0 Å². The normalized spacial score (nSPS) is 23.6. The van der Waals surface area contributed by atoms with Crippen molar-refractivity contribution in [3.8, 4) is 6.07 Å². The largest absolute Gasteiger partial charge is 0.378 e. The maximum atomic E-state index is 12.8. The fourth-order valence-corrected chi connectivity index (χ4v) is 3.79. The Morgan fingerprint density at radius 2 is 2.21 bits per heavy atom. The molecule has 5 nitrogen and oxygen atoms in total. The second-order valence-electron chi connectivity index (χ2n) is 6.73. The molecule has 0 aromatic heterocycles. The van der Waals surface area contributed by atoms with Crippen molar-refractivity contribution >= 4 is 5.91 Å². The van der Waals surface area contributed by atoms with Gasteiger partial charge in [-0.15, -0.1) is 0 Å². The third-order valence-electron chi connectivity index (χ3n) is 5.14. The molecule has 5 heteroatoms. The van der Waals surface area contributed by atoms with E-state index in [4.69, 9.17) is 10.00 Å². The van der Waals surface area contributed by atoms with E-state index < -0.39 is 0 Å². The number of nitrogens with zero attached hydrogens (tertiary/aromatic N) is 2. The molecule has 1 saturated carbocycles. The Morgan fingerprint density at radius 3 is 2.96 bits per heavy atom. The molecule has 3 rings (SSSR count). The highest BCUT2D eigenvalue weighted by molar-refractivity contribution is 5.82. The van der Waals surface area contributed by atoms with Crippen molar-refractivity contribution < 1.29 is 9.53 Å². The van der Waals surface area contributed by atoms with Crippen molar-refractivity contribution in [3.05, 3.63) is 35.4 Å². The molecule has 0 bridgehead atoms. The lowest BCUT2D eigenvalue weighted by molar-refractivity contribution is -0.135. The van der Waals surface area contributed by atoms with Crippen LogP contribution in [0.5, 0.6) is 0 Å². The maximum Gasteiger partial charge on any atom is 0.240 e. The van der Waals surface area contributed by atoms with Crippen LogP contribution in [0.4, 0.5) is 0 Å². The van der Waals surface area contributed by atoms with Crippen molar-refractivity contribution in [2.24, 2.45) is 0 Å². The van der Waals surface area contributed by atoms with Crippen molar-refractivity contribution in [3.63, 3.8) is 0 Å². The average molecular weight is 327 g/mol. The summed E-state index contributed by atoms with van der Waals surface area (Å²) in [5.41, 5.74) is 1.56. The molecule has 2 fully saturated rings. The lowest BCUT2D eigenvalue weighted by Crippen LogP contribution is -2.56. The van der Waals surface area contributed by atoms with Crippen LogP contribution in [0.25, 0.3) is 0 Å². The molecule has 24 heavy (non-hydrogen) atoms. The summed E-state index contributed by atoms with van der Waals surface area (Å²) in [5, 5.41) is 12.1. The summed E-state index contributed by atoms with van der Waals surface area (Å²) in [6, 6.07) is 9.72. The Morgan fingerprint density at radius 1 is 1.42 bits per heavy atom. The molecule has 1 aromatic carbocycles. The molecule has 1 aromatic rings. The molecule has 0 spiro atoms. The SMILES string of the molecule is C[C@@H](NC(=O)[C@H]1COCCN1C1CCCC1)c1cccc(C#N)c1. The quantitative estimate of drug-likeness (QED) is 0.922. The molecule has 1 aliphatic carbocycles. The summed E-state index contributed by atoms with van der Waals surface area (Å²) in [7, 11) is 0. The summed E-state index contributed by atoms with van der Waals surface area (Å²) in [4.78, 5) is 15.1. The van der Waals surface area contributed by atoms with Crippen molar-refractivity contribution in [1.82, 2.24) is 10.2 Å². The highest BCUT2D eigenvalue weighted by Gasteiger charge is 2.35. The lowest BCUT2D eigenvalue weighted by Gasteiger charge is -2.39. The van der Waals surface area contributed by atoms with E-state index in [0.29, 0.717) is 24.8 Å². The van der Waals surface area contributed by atoms with E-state index >= 15 is 0 Å². The highest BCUT2D eigenvalue weighted by atomic mass is 16.5. The van der Waals surface area contributed by atoms with Crippen LogP contribution in [0.15, 0.2) is 24.3 Å². The zero-order valence-corrected chi connectivity index (χ0v) is 14.2. The topological polar surface area (TPSA) is 65.4 Å². The van der Waals surface area contributed by atoms with Crippen LogP contribution in [0, 0.1) is 11.3 Å². The van der Waals surface area contributed by atoms with Gasteiger partial charge in [0.15, 0.2) is 0 Å². The van der Waals surface area contributed by atoms with Gasteiger partial charge in [0.05, 0.1) is 30.9 Å². The number of hydrogen-bond acceptors (Lipinski definition) is 4. The fourth-order valence-electron chi connectivity index (χ4n) is 3.79. The Balaban J connectivity index is 1.66.